The van der Waals surface area contributed by atoms with Gasteiger partial charge in [-0.1, -0.05) is 82.4 Å². The Morgan fingerprint density at radius 2 is 1.49 bits per heavy atom. The number of hydrogen-bond acceptors (Lipinski definition) is 3. The number of aryl methyl sites for hydroxylation is 1. The lowest BCUT2D eigenvalue weighted by Gasteiger charge is -2.45. The SMILES string of the molecule is COC1CCC2(CC1)Cc1ccc(CCC3CC3)cc1C21N=C(CCC2CCCCC2)N(CC2CCCCC2)C1=O. The Morgan fingerprint density at radius 1 is 0.829 bits per heavy atom. The fourth-order valence-electron chi connectivity index (χ4n) is 9.69. The molecule has 224 valence electrons. The highest BCUT2D eigenvalue weighted by Crippen LogP contribution is 2.62. The summed E-state index contributed by atoms with van der Waals surface area (Å²) in [5.41, 5.74) is 3.30. The molecule has 4 saturated carbocycles. The summed E-state index contributed by atoms with van der Waals surface area (Å²) in [6, 6.07) is 7.23. The summed E-state index contributed by atoms with van der Waals surface area (Å²) >= 11 is 0. The number of benzene rings is 1. The van der Waals surface area contributed by atoms with Gasteiger partial charge < -0.3 is 4.74 Å². The molecule has 0 aromatic heterocycles. The van der Waals surface area contributed by atoms with E-state index in [4.69, 9.17) is 9.73 Å². The molecule has 4 fully saturated rings. The quantitative estimate of drug-likeness (QED) is 0.305. The molecule has 41 heavy (non-hydrogen) atoms. The summed E-state index contributed by atoms with van der Waals surface area (Å²) < 4.78 is 5.85. The summed E-state index contributed by atoms with van der Waals surface area (Å²) in [5.74, 6) is 3.86. The largest absolute Gasteiger partial charge is 0.381 e. The number of fused-ring (bicyclic) bond motifs is 3. The van der Waals surface area contributed by atoms with Gasteiger partial charge in [0.1, 0.15) is 5.84 Å². The van der Waals surface area contributed by atoms with Crippen molar-refractivity contribution in [3.8, 4) is 0 Å². The number of amidine groups is 1. The van der Waals surface area contributed by atoms with Crippen molar-refractivity contribution < 1.29 is 9.53 Å². The molecule has 1 aromatic rings. The molecule has 0 N–H and O–H groups in total. The van der Waals surface area contributed by atoms with Crippen LogP contribution < -0.4 is 0 Å². The van der Waals surface area contributed by atoms with E-state index >= 15 is 4.79 Å². The van der Waals surface area contributed by atoms with Crippen LogP contribution >= 0.6 is 0 Å². The molecule has 0 radical (unpaired) electrons. The number of nitrogens with zero attached hydrogens (tertiary/aromatic N) is 2. The number of hydrogen-bond donors (Lipinski definition) is 0. The Morgan fingerprint density at radius 3 is 2.17 bits per heavy atom. The molecule has 4 heteroatoms. The Bertz CT molecular complexity index is 1120. The monoisotopic (exact) mass is 558 g/mol. The summed E-state index contributed by atoms with van der Waals surface area (Å²) in [4.78, 5) is 23.3. The highest BCUT2D eigenvalue weighted by Gasteiger charge is 2.66. The first-order valence-corrected chi connectivity index (χ1v) is 17.7. The van der Waals surface area contributed by atoms with E-state index in [9.17, 15) is 0 Å². The van der Waals surface area contributed by atoms with Crippen molar-refractivity contribution in [1.29, 1.82) is 0 Å². The lowest BCUT2D eigenvalue weighted by Crippen LogP contribution is -2.52. The van der Waals surface area contributed by atoms with Gasteiger partial charge in [0, 0.05) is 25.5 Å². The molecule has 1 aromatic carbocycles. The Kier molecular flexibility index (Phi) is 8.07. The highest BCUT2D eigenvalue weighted by atomic mass is 16.5. The van der Waals surface area contributed by atoms with E-state index in [-0.39, 0.29) is 5.41 Å². The maximum absolute atomic E-state index is 15.2. The van der Waals surface area contributed by atoms with Crippen LogP contribution in [-0.4, -0.2) is 36.4 Å². The molecule has 2 spiro atoms. The molecule has 1 atom stereocenters. The number of amides is 1. The zero-order valence-corrected chi connectivity index (χ0v) is 25.8. The van der Waals surface area contributed by atoms with Crippen molar-refractivity contribution in [2.75, 3.05) is 13.7 Å². The lowest BCUT2D eigenvalue weighted by atomic mass is 9.61. The molecule has 6 aliphatic rings. The summed E-state index contributed by atoms with van der Waals surface area (Å²) in [6.45, 7) is 0.900. The van der Waals surface area contributed by atoms with Crippen LogP contribution in [0.15, 0.2) is 23.2 Å². The van der Waals surface area contributed by atoms with Gasteiger partial charge >= 0.3 is 0 Å². The van der Waals surface area contributed by atoms with Gasteiger partial charge in [0.05, 0.1) is 6.10 Å². The van der Waals surface area contributed by atoms with E-state index < -0.39 is 5.54 Å². The predicted molar refractivity (Wildman–Crippen MR) is 166 cm³/mol. The minimum Gasteiger partial charge on any atom is -0.381 e. The number of carbonyl (C=O) groups is 1. The fourth-order valence-corrected chi connectivity index (χ4v) is 9.69. The third-order valence-corrected chi connectivity index (χ3v) is 12.5. The van der Waals surface area contributed by atoms with Crippen LogP contribution in [0.2, 0.25) is 0 Å². The number of ether oxygens (including phenoxy) is 1. The van der Waals surface area contributed by atoms with E-state index in [0.717, 1.165) is 69.2 Å². The van der Waals surface area contributed by atoms with Gasteiger partial charge in [-0.2, -0.15) is 0 Å². The zero-order valence-electron chi connectivity index (χ0n) is 25.8. The number of carbonyl (C=O) groups excluding carboxylic acids is 1. The molecular weight excluding hydrogens is 504 g/mol. The first kappa shape index (κ1) is 28.1. The van der Waals surface area contributed by atoms with Crippen molar-refractivity contribution in [1.82, 2.24) is 4.90 Å². The molecule has 0 bridgehead atoms. The second-order valence-corrected chi connectivity index (χ2v) is 15.1. The average Bonchev–Trinajstić information content (AvgIpc) is 3.76. The van der Waals surface area contributed by atoms with Gasteiger partial charge in [-0.05, 0) is 98.7 Å². The molecule has 5 aliphatic carbocycles. The predicted octanol–water partition coefficient (Wildman–Crippen LogP) is 8.54. The van der Waals surface area contributed by atoms with Crippen LogP contribution in [0.25, 0.3) is 0 Å². The van der Waals surface area contributed by atoms with Crippen molar-refractivity contribution in [3.05, 3.63) is 34.9 Å². The van der Waals surface area contributed by atoms with Crippen LogP contribution in [0.3, 0.4) is 0 Å². The van der Waals surface area contributed by atoms with Crippen LogP contribution in [0.4, 0.5) is 0 Å². The summed E-state index contributed by atoms with van der Waals surface area (Å²) in [5, 5.41) is 0. The molecule has 7 rings (SSSR count). The third kappa shape index (κ3) is 5.34. The van der Waals surface area contributed by atoms with E-state index in [0.29, 0.717) is 17.9 Å². The van der Waals surface area contributed by atoms with Crippen molar-refractivity contribution in [3.63, 3.8) is 0 Å². The van der Waals surface area contributed by atoms with Crippen LogP contribution in [-0.2, 0) is 27.9 Å². The van der Waals surface area contributed by atoms with Crippen molar-refractivity contribution >= 4 is 11.7 Å². The van der Waals surface area contributed by atoms with Gasteiger partial charge in [0.15, 0.2) is 5.54 Å². The maximum atomic E-state index is 15.2. The summed E-state index contributed by atoms with van der Waals surface area (Å²) in [7, 11) is 1.86. The van der Waals surface area contributed by atoms with Crippen LogP contribution in [0, 0.1) is 23.2 Å². The fraction of sp³-hybridized carbons (Fsp3) is 0.784. The van der Waals surface area contributed by atoms with E-state index in [2.05, 4.69) is 23.1 Å². The number of rotatable bonds is 9. The second kappa shape index (κ2) is 11.8. The molecule has 1 heterocycles. The van der Waals surface area contributed by atoms with Gasteiger partial charge in [-0.25, -0.2) is 0 Å². The first-order chi connectivity index (χ1) is 20.1. The molecular formula is C37H54N2O2. The Labute approximate surface area is 249 Å². The summed E-state index contributed by atoms with van der Waals surface area (Å²) in [6.07, 6.45) is 26.4. The first-order valence-electron chi connectivity index (χ1n) is 17.7. The van der Waals surface area contributed by atoms with E-state index in [1.807, 2.05) is 7.11 Å². The number of aliphatic imine (C=N–C) groups is 1. The van der Waals surface area contributed by atoms with Crippen molar-refractivity contribution in [2.24, 2.45) is 28.2 Å². The molecule has 1 aliphatic heterocycles. The topological polar surface area (TPSA) is 41.9 Å². The minimum atomic E-state index is -0.715. The van der Waals surface area contributed by atoms with Gasteiger partial charge in [0.2, 0.25) is 0 Å². The minimum absolute atomic E-state index is 0.103. The molecule has 1 amide bonds. The molecule has 1 unspecified atom stereocenters. The molecule has 4 nitrogen and oxygen atoms in total. The van der Waals surface area contributed by atoms with E-state index in [1.54, 1.807) is 0 Å². The zero-order chi connectivity index (χ0) is 27.9. The van der Waals surface area contributed by atoms with Gasteiger partial charge in [0.25, 0.3) is 5.91 Å². The average molecular weight is 559 g/mol. The smallest absolute Gasteiger partial charge is 0.261 e. The van der Waals surface area contributed by atoms with E-state index in [1.165, 1.54) is 107 Å². The van der Waals surface area contributed by atoms with Crippen LogP contribution in [0.1, 0.15) is 139 Å². The standard InChI is InChI=1S/C37H54N2O2/c1-41-32-20-22-36(23-21-32)25-31-18-16-29(15-14-28-12-13-28)24-33(31)37(36)35(40)39(26-30-10-6-3-7-11-30)34(38-37)19-17-27-8-4-2-5-9-27/h16,18,24,27-28,30,32H,2-15,17,19-23,25-26H2,1H3. The van der Waals surface area contributed by atoms with Gasteiger partial charge in [-0.15, -0.1) is 0 Å². The highest BCUT2D eigenvalue weighted by molar-refractivity contribution is 6.09. The molecule has 0 saturated heterocycles. The van der Waals surface area contributed by atoms with Crippen molar-refractivity contribution in [2.45, 2.75) is 146 Å². The Balaban J connectivity index is 1.26. The van der Waals surface area contributed by atoms with Crippen LogP contribution in [0.5, 0.6) is 0 Å². The third-order valence-electron chi connectivity index (χ3n) is 12.5. The number of methoxy groups -OCH3 is 1. The normalized spacial score (nSPS) is 32.7. The Hall–Kier alpha value is -1.68. The maximum Gasteiger partial charge on any atom is 0.261 e. The van der Waals surface area contributed by atoms with Gasteiger partial charge in [-0.3, -0.25) is 14.7 Å². The lowest BCUT2D eigenvalue weighted by molar-refractivity contribution is -0.138. The second-order valence-electron chi connectivity index (χ2n) is 15.1.